The molecule has 74 heavy (non-hydrogen) atoms. The fourth-order valence-corrected chi connectivity index (χ4v) is 9.73. The molecule has 1 unspecified atom stereocenters. The highest BCUT2D eigenvalue weighted by Gasteiger charge is 2.19. The lowest BCUT2D eigenvalue weighted by Crippen LogP contribution is -2.30. The summed E-state index contributed by atoms with van der Waals surface area (Å²) in [4.78, 5) is 38.0. The molecule has 0 aliphatic carbocycles. The molecule has 0 bridgehead atoms. The minimum atomic E-state index is -0.766. The molecule has 0 rings (SSSR count). The van der Waals surface area contributed by atoms with E-state index in [9.17, 15) is 14.4 Å². The molecule has 0 heterocycles. The SMILES string of the molecule is CC/C=C\C/C=C\C/C=C\C/C=C\CCCCCCCCCCCCCCCCCCC(=O)OCC(COC(=O)CCCCCCCC)OC(=O)CCCCCCCCCCCCCCCCCCCCCCC. The number of rotatable bonds is 60. The first-order chi connectivity index (χ1) is 36.5. The number of hydrogen-bond donors (Lipinski definition) is 0. The van der Waals surface area contributed by atoms with E-state index in [4.69, 9.17) is 14.2 Å². The van der Waals surface area contributed by atoms with Crippen LogP contribution in [-0.4, -0.2) is 37.2 Å². The third-order valence-corrected chi connectivity index (χ3v) is 14.6. The van der Waals surface area contributed by atoms with E-state index >= 15 is 0 Å². The van der Waals surface area contributed by atoms with Gasteiger partial charge in [0, 0.05) is 19.3 Å². The molecule has 0 aromatic carbocycles. The smallest absolute Gasteiger partial charge is 0.306 e. The van der Waals surface area contributed by atoms with Crippen LogP contribution >= 0.6 is 0 Å². The van der Waals surface area contributed by atoms with Crippen LogP contribution < -0.4 is 0 Å². The molecule has 6 heteroatoms. The average Bonchev–Trinajstić information content (AvgIpc) is 3.40. The normalized spacial score (nSPS) is 12.3. The fraction of sp³-hybridized carbons (Fsp3) is 0.838. The number of hydrogen-bond acceptors (Lipinski definition) is 6. The van der Waals surface area contributed by atoms with E-state index in [0.29, 0.717) is 19.3 Å². The van der Waals surface area contributed by atoms with Crippen molar-refractivity contribution in [3.63, 3.8) is 0 Å². The lowest BCUT2D eigenvalue weighted by Gasteiger charge is -2.18. The Morgan fingerprint density at radius 3 is 0.824 bits per heavy atom. The summed E-state index contributed by atoms with van der Waals surface area (Å²) < 4.78 is 16.8. The van der Waals surface area contributed by atoms with E-state index in [1.54, 1.807) is 0 Å². The van der Waals surface area contributed by atoms with Gasteiger partial charge in [-0.15, -0.1) is 0 Å². The molecule has 0 aromatic rings. The Labute approximate surface area is 460 Å². The van der Waals surface area contributed by atoms with Crippen LogP contribution in [0.2, 0.25) is 0 Å². The third kappa shape index (κ3) is 60.2. The maximum absolute atomic E-state index is 12.8. The van der Waals surface area contributed by atoms with Crippen molar-refractivity contribution in [2.45, 2.75) is 354 Å². The summed E-state index contributed by atoms with van der Waals surface area (Å²) in [5.41, 5.74) is 0. The van der Waals surface area contributed by atoms with Gasteiger partial charge in [-0.05, 0) is 57.8 Å². The van der Waals surface area contributed by atoms with Gasteiger partial charge < -0.3 is 14.2 Å². The highest BCUT2D eigenvalue weighted by molar-refractivity contribution is 5.71. The average molecular weight is 1040 g/mol. The second-order valence-corrected chi connectivity index (χ2v) is 22.0. The first kappa shape index (κ1) is 71.4. The van der Waals surface area contributed by atoms with Gasteiger partial charge in [-0.1, -0.05) is 320 Å². The molecular weight excluding hydrogens is 913 g/mol. The van der Waals surface area contributed by atoms with Gasteiger partial charge >= 0.3 is 17.9 Å². The molecule has 0 aliphatic rings. The van der Waals surface area contributed by atoms with Crippen LogP contribution in [0.1, 0.15) is 348 Å². The van der Waals surface area contributed by atoms with Crippen molar-refractivity contribution in [2.75, 3.05) is 13.2 Å². The summed E-state index contributed by atoms with van der Waals surface area (Å²) in [7, 11) is 0. The predicted octanol–water partition coefficient (Wildman–Crippen LogP) is 22.2. The molecule has 0 saturated carbocycles. The number of carbonyl (C=O) groups is 3. The van der Waals surface area contributed by atoms with E-state index in [-0.39, 0.29) is 31.1 Å². The summed E-state index contributed by atoms with van der Waals surface area (Å²) in [5.74, 6) is -0.855. The van der Waals surface area contributed by atoms with Gasteiger partial charge in [-0.2, -0.15) is 0 Å². The predicted molar refractivity (Wildman–Crippen MR) is 321 cm³/mol. The standard InChI is InChI=1S/C68H124O6/c1-4-7-10-13-16-18-20-22-24-26-28-30-31-32-33-34-35-36-37-39-40-42-44-46-48-50-52-55-58-61-67(70)73-64-65(63-72-66(69)60-57-54-15-12-9-6-3)74-68(71)62-59-56-53-51-49-47-45-43-41-38-29-27-25-23-21-19-17-14-11-8-5-2/h7,10,16,18,22,24,28,30,65H,4-6,8-9,11-15,17,19-21,23,25-27,29,31-64H2,1-3H3/b10-7-,18-16-,24-22-,30-28-. The summed E-state index contributed by atoms with van der Waals surface area (Å²) in [6.45, 7) is 6.53. The van der Waals surface area contributed by atoms with Crippen LogP contribution in [0.25, 0.3) is 0 Å². The summed E-state index contributed by atoms with van der Waals surface area (Å²) >= 11 is 0. The number of unbranched alkanes of at least 4 members (excludes halogenated alkanes) is 41. The van der Waals surface area contributed by atoms with Crippen LogP contribution in [0.5, 0.6) is 0 Å². The Hall–Kier alpha value is -2.63. The van der Waals surface area contributed by atoms with Crippen molar-refractivity contribution < 1.29 is 28.6 Å². The van der Waals surface area contributed by atoms with E-state index in [0.717, 1.165) is 83.5 Å². The summed E-state index contributed by atoms with van der Waals surface area (Å²) in [6.07, 6.45) is 78.8. The first-order valence-electron chi connectivity index (χ1n) is 32.6. The zero-order valence-corrected chi connectivity index (χ0v) is 49.6. The van der Waals surface area contributed by atoms with Crippen LogP contribution in [-0.2, 0) is 28.6 Å². The quantitative estimate of drug-likeness (QED) is 0.0261. The monoisotopic (exact) mass is 1040 g/mol. The van der Waals surface area contributed by atoms with Crippen LogP contribution in [0.3, 0.4) is 0 Å². The largest absolute Gasteiger partial charge is 0.462 e. The molecule has 1 atom stereocenters. The number of esters is 3. The molecule has 0 saturated heterocycles. The van der Waals surface area contributed by atoms with Crippen LogP contribution in [0, 0.1) is 0 Å². The highest BCUT2D eigenvalue weighted by Crippen LogP contribution is 2.18. The van der Waals surface area contributed by atoms with E-state index < -0.39 is 6.10 Å². The third-order valence-electron chi connectivity index (χ3n) is 14.6. The van der Waals surface area contributed by atoms with Gasteiger partial charge in [-0.25, -0.2) is 0 Å². The van der Waals surface area contributed by atoms with Crippen LogP contribution in [0.15, 0.2) is 48.6 Å². The topological polar surface area (TPSA) is 78.9 Å². The zero-order chi connectivity index (χ0) is 53.6. The second-order valence-electron chi connectivity index (χ2n) is 22.0. The first-order valence-corrected chi connectivity index (χ1v) is 32.6. The maximum Gasteiger partial charge on any atom is 0.306 e. The minimum Gasteiger partial charge on any atom is -0.462 e. The van der Waals surface area contributed by atoms with Crippen LogP contribution in [0.4, 0.5) is 0 Å². The molecular formula is C68H124O6. The molecule has 0 spiro atoms. The fourth-order valence-electron chi connectivity index (χ4n) is 9.73. The van der Waals surface area contributed by atoms with Crippen molar-refractivity contribution in [3.05, 3.63) is 48.6 Å². The van der Waals surface area contributed by atoms with Crippen molar-refractivity contribution >= 4 is 17.9 Å². The summed E-state index contributed by atoms with van der Waals surface area (Å²) in [5, 5.41) is 0. The van der Waals surface area contributed by atoms with E-state index in [1.165, 1.54) is 225 Å². The van der Waals surface area contributed by atoms with Gasteiger partial charge in [0.2, 0.25) is 0 Å². The van der Waals surface area contributed by atoms with Gasteiger partial charge in [0.05, 0.1) is 0 Å². The van der Waals surface area contributed by atoms with Gasteiger partial charge in [-0.3, -0.25) is 14.4 Å². The lowest BCUT2D eigenvalue weighted by molar-refractivity contribution is -0.167. The van der Waals surface area contributed by atoms with Crippen molar-refractivity contribution in [1.82, 2.24) is 0 Å². The van der Waals surface area contributed by atoms with Gasteiger partial charge in [0.1, 0.15) is 13.2 Å². The Bertz CT molecular complexity index is 1280. The number of ether oxygens (including phenoxy) is 3. The van der Waals surface area contributed by atoms with Gasteiger partial charge in [0.15, 0.2) is 6.10 Å². The van der Waals surface area contributed by atoms with Crippen molar-refractivity contribution in [1.29, 1.82) is 0 Å². The summed E-state index contributed by atoms with van der Waals surface area (Å²) in [6, 6.07) is 0. The Morgan fingerprint density at radius 1 is 0.284 bits per heavy atom. The Balaban J connectivity index is 4.00. The highest BCUT2D eigenvalue weighted by atomic mass is 16.6. The second kappa shape index (κ2) is 62.9. The number of allylic oxidation sites excluding steroid dienone is 8. The minimum absolute atomic E-state index is 0.0675. The van der Waals surface area contributed by atoms with Crippen molar-refractivity contribution in [3.8, 4) is 0 Å². The Morgan fingerprint density at radius 2 is 0.527 bits per heavy atom. The zero-order valence-electron chi connectivity index (χ0n) is 49.6. The van der Waals surface area contributed by atoms with Crippen molar-refractivity contribution in [2.24, 2.45) is 0 Å². The Kier molecular flexibility index (Phi) is 60.7. The van der Waals surface area contributed by atoms with E-state index in [1.807, 2.05) is 0 Å². The van der Waals surface area contributed by atoms with E-state index in [2.05, 4.69) is 69.4 Å². The van der Waals surface area contributed by atoms with Gasteiger partial charge in [0.25, 0.3) is 0 Å². The molecule has 0 aromatic heterocycles. The molecule has 0 radical (unpaired) electrons. The molecule has 0 amide bonds. The molecule has 6 nitrogen and oxygen atoms in total. The maximum atomic E-state index is 12.8. The number of carbonyl (C=O) groups excluding carboxylic acids is 3. The molecule has 0 fully saturated rings. The lowest BCUT2D eigenvalue weighted by atomic mass is 10.0. The molecule has 0 N–H and O–H groups in total. The molecule has 432 valence electrons. The molecule has 0 aliphatic heterocycles.